The fourth-order valence-electron chi connectivity index (χ4n) is 3.80. The first kappa shape index (κ1) is 20.1. The predicted octanol–water partition coefficient (Wildman–Crippen LogP) is 2.31. The summed E-state index contributed by atoms with van der Waals surface area (Å²) in [4.78, 5) is 2.27. The minimum absolute atomic E-state index is 0.181. The molecule has 2 atom stereocenters. The third-order valence-corrected chi connectivity index (χ3v) is 7.33. The summed E-state index contributed by atoms with van der Waals surface area (Å²) in [5.41, 5.74) is 1.43. The van der Waals surface area contributed by atoms with Gasteiger partial charge in [0.25, 0.3) is 0 Å². The van der Waals surface area contributed by atoms with E-state index in [1.54, 1.807) is 43.3 Å². The summed E-state index contributed by atoms with van der Waals surface area (Å²) < 4.78 is 59.3. The van der Waals surface area contributed by atoms with Crippen molar-refractivity contribution in [1.29, 1.82) is 0 Å². The van der Waals surface area contributed by atoms with E-state index >= 15 is 0 Å². The highest BCUT2D eigenvalue weighted by Crippen LogP contribution is 2.38. The van der Waals surface area contributed by atoms with Gasteiger partial charge in [0.15, 0.2) is 0 Å². The van der Waals surface area contributed by atoms with Crippen molar-refractivity contribution in [3.8, 4) is 11.5 Å². The van der Waals surface area contributed by atoms with Crippen LogP contribution in [-0.2, 0) is 20.0 Å². The molecule has 2 aliphatic rings. The number of nitrogens with zero attached hydrogens (tertiary/aromatic N) is 1. The molecule has 2 N–H and O–H groups in total. The molecule has 0 aliphatic carbocycles. The van der Waals surface area contributed by atoms with Crippen LogP contribution < -0.4 is 19.1 Å². The van der Waals surface area contributed by atoms with Gasteiger partial charge in [0.1, 0.15) is 16.4 Å². The Morgan fingerprint density at radius 2 is 1.97 bits per heavy atom. The summed E-state index contributed by atoms with van der Waals surface area (Å²) in [6.07, 6.45) is 2.66. The van der Waals surface area contributed by atoms with Crippen molar-refractivity contribution < 1.29 is 21.6 Å². The number of sulfonamides is 2. The van der Waals surface area contributed by atoms with E-state index in [1.807, 2.05) is 0 Å². The van der Waals surface area contributed by atoms with Gasteiger partial charge in [-0.25, -0.2) is 21.6 Å². The molecule has 0 aromatic heterocycles. The molecule has 0 radical (unpaired) electrons. The van der Waals surface area contributed by atoms with Crippen LogP contribution in [0.15, 0.2) is 47.4 Å². The van der Waals surface area contributed by atoms with Crippen molar-refractivity contribution in [3.05, 3.63) is 48.0 Å². The monoisotopic (exact) mass is 437 g/mol. The molecule has 1 saturated heterocycles. The second-order valence-electron chi connectivity index (χ2n) is 7.39. The Hall–Kier alpha value is -2.14. The van der Waals surface area contributed by atoms with Gasteiger partial charge in [-0.3, -0.25) is 0 Å². The highest BCUT2D eigenvalue weighted by Gasteiger charge is 2.37. The lowest BCUT2D eigenvalue weighted by Crippen LogP contribution is -2.48. The molecule has 4 rings (SSSR count). The standard InChI is InChI=1S/C19H23N3O5S2/c1-13(20-28(2,23)24)14-5-3-6-15(11-14)27-16-8-9-17-18(12-16)29(25,26)21-19-7-4-10-22(17)19/h3,5-6,8-9,11-13,19-21H,4,7,10H2,1-2H3. The molecule has 2 aromatic carbocycles. The van der Waals surface area contributed by atoms with Crippen LogP contribution >= 0.6 is 0 Å². The molecule has 8 nitrogen and oxygen atoms in total. The average molecular weight is 438 g/mol. The quantitative estimate of drug-likeness (QED) is 0.744. The van der Waals surface area contributed by atoms with Gasteiger partial charge >= 0.3 is 0 Å². The van der Waals surface area contributed by atoms with E-state index in [9.17, 15) is 16.8 Å². The molecule has 0 spiro atoms. The summed E-state index contributed by atoms with van der Waals surface area (Å²) in [5, 5.41) is 0. The maximum absolute atomic E-state index is 12.6. The summed E-state index contributed by atoms with van der Waals surface area (Å²) in [6, 6.07) is 11.6. The second-order valence-corrected chi connectivity index (χ2v) is 10.9. The van der Waals surface area contributed by atoms with Gasteiger partial charge < -0.3 is 9.64 Å². The lowest BCUT2D eigenvalue weighted by atomic mass is 10.1. The van der Waals surface area contributed by atoms with Crippen LogP contribution in [0.5, 0.6) is 11.5 Å². The van der Waals surface area contributed by atoms with E-state index in [2.05, 4.69) is 14.3 Å². The Balaban J connectivity index is 1.61. The van der Waals surface area contributed by atoms with Gasteiger partial charge in [0, 0.05) is 18.7 Å². The first-order valence-electron chi connectivity index (χ1n) is 9.30. The molecule has 0 amide bonds. The van der Waals surface area contributed by atoms with Crippen LogP contribution in [0.3, 0.4) is 0 Å². The van der Waals surface area contributed by atoms with Crippen molar-refractivity contribution in [3.63, 3.8) is 0 Å². The molecule has 2 unspecified atom stereocenters. The van der Waals surface area contributed by atoms with Crippen LogP contribution in [0.1, 0.15) is 31.4 Å². The Bertz CT molecular complexity index is 1150. The molecule has 29 heavy (non-hydrogen) atoms. The zero-order valence-corrected chi connectivity index (χ0v) is 17.8. The van der Waals surface area contributed by atoms with E-state index < -0.39 is 26.1 Å². The van der Waals surface area contributed by atoms with Gasteiger partial charge in [0.2, 0.25) is 20.0 Å². The SMILES string of the molecule is CC(NS(C)(=O)=O)c1cccc(Oc2ccc3c(c2)S(=O)(=O)NC2CCCN32)c1. The van der Waals surface area contributed by atoms with Crippen molar-refractivity contribution >= 4 is 25.7 Å². The third kappa shape index (κ3) is 4.25. The number of ether oxygens (including phenoxy) is 1. The van der Waals surface area contributed by atoms with Crippen molar-refractivity contribution in [1.82, 2.24) is 9.44 Å². The molecule has 1 fully saturated rings. The topological polar surface area (TPSA) is 105 Å². The number of hydrogen-bond acceptors (Lipinski definition) is 6. The zero-order chi connectivity index (χ0) is 20.8. The largest absolute Gasteiger partial charge is 0.457 e. The summed E-state index contributed by atoms with van der Waals surface area (Å²) in [7, 11) is -6.94. The Kier molecular flexibility index (Phi) is 5.06. The Labute approximate surface area is 171 Å². The van der Waals surface area contributed by atoms with E-state index in [4.69, 9.17) is 4.74 Å². The van der Waals surface area contributed by atoms with E-state index in [-0.39, 0.29) is 11.1 Å². The maximum Gasteiger partial charge on any atom is 0.244 e. The van der Waals surface area contributed by atoms with Gasteiger partial charge in [0.05, 0.1) is 18.1 Å². The zero-order valence-electron chi connectivity index (χ0n) is 16.1. The number of anilines is 1. The fourth-order valence-corrected chi connectivity index (χ4v) is 6.04. The molecule has 2 aliphatic heterocycles. The minimum Gasteiger partial charge on any atom is -0.457 e. The lowest BCUT2D eigenvalue weighted by molar-refractivity contribution is 0.477. The highest BCUT2D eigenvalue weighted by atomic mass is 32.2. The van der Waals surface area contributed by atoms with E-state index in [0.717, 1.165) is 31.2 Å². The molecule has 0 bridgehead atoms. The highest BCUT2D eigenvalue weighted by molar-refractivity contribution is 7.89. The number of hydrogen-bond donors (Lipinski definition) is 2. The van der Waals surface area contributed by atoms with Crippen LogP contribution in [0, 0.1) is 0 Å². The van der Waals surface area contributed by atoms with Crippen LogP contribution in [-0.4, -0.2) is 35.8 Å². The molecule has 156 valence electrons. The normalized spacial score (nSPS) is 21.3. The first-order chi connectivity index (χ1) is 13.6. The molecular weight excluding hydrogens is 414 g/mol. The molecular formula is C19H23N3O5S2. The second kappa shape index (κ2) is 7.28. The Morgan fingerprint density at radius 1 is 1.21 bits per heavy atom. The number of rotatable bonds is 5. The lowest BCUT2D eigenvalue weighted by Gasteiger charge is -2.33. The van der Waals surface area contributed by atoms with Crippen LogP contribution in [0.4, 0.5) is 5.69 Å². The smallest absolute Gasteiger partial charge is 0.244 e. The molecule has 2 aromatic rings. The third-order valence-electron chi connectivity index (χ3n) is 5.06. The summed E-state index contributed by atoms with van der Waals surface area (Å²) in [6.45, 7) is 2.55. The van der Waals surface area contributed by atoms with Crippen molar-refractivity contribution in [2.24, 2.45) is 0 Å². The number of benzene rings is 2. The van der Waals surface area contributed by atoms with Crippen LogP contribution in [0.25, 0.3) is 0 Å². The number of fused-ring (bicyclic) bond motifs is 3. The average Bonchev–Trinajstić information content (AvgIpc) is 3.08. The van der Waals surface area contributed by atoms with Gasteiger partial charge in [-0.2, -0.15) is 4.72 Å². The Morgan fingerprint density at radius 3 is 2.72 bits per heavy atom. The van der Waals surface area contributed by atoms with Gasteiger partial charge in [-0.05, 0) is 49.6 Å². The first-order valence-corrected chi connectivity index (χ1v) is 12.7. The molecule has 10 heteroatoms. The summed E-state index contributed by atoms with van der Waals surface area (Å²) >= 11 is 0. The van der Waals surface area contributed by atoms with Crippen molar-refractivity contribution in [2.45, 2.75) is 36.9 Å². The predicted molar refractivity (Wildman–Crippen MR) is 110 cm³/mol. The van der Waals surface area contributed by atoms with Gasteiger partial charge in [-0.15, -0.1) is 0 Å². The molecule has 0 saturated carbocycles. The minimum atomic E-state index is -3.60. The van der Waals surface area contributed by atoms with Crippen molar-refractivity contribution in [2.75, 3.05) is 17.7 Å². The molecule has 2 heterocycles. The fraction of sp³-hybridized carbons (Fsp3) is 0.368. The van der Waals surface area contributed by atoms with Crippen LogP contribution in [0.2, 0.25) is 0 Å². The maximum atomic E-state index is 12.6. The van der Waals surface area contributed by atoms with Gasteiger partial charge in [-0.1, -0.05) is 12.1 Å². The summed E-state index contributed by atoms with van der Waals surface area (Å²) in [5.74, 6) is 0.887. The van der Waals surface area contributed by atoms with E-state index in [1.165, 1.54) is 6.07 Å². The van der Waals surface area contributed by atoms with E-state index in [0.29, 0.717) is 17.2 Å². The number of nitrogens with one attached hydrogen (secondary N) is 2.